The molecule has 14 heteroatoms. The molecule has 0 spiro atoms. The lowest BCUT2D eigenvalue weighted by Gasteiger charge is -2.28. The maximum atomic E-state index is 12.8. The first kappa shape index (κ1) is 29.0. The smallest absolute Gasteiger partial charge is 0.391 e. The molecule has 2 heterocycles. The summed E-state index contributed by atoms with van der Waals surface area (Å²) in [6, 6.07) is 7.51. The number of hydrogen-bond donors (Lipinski definition) is 3. The van der Waals surface area contributed by atoms with Crippen molar-refractivity contribution in [2.24, 2.45) is 5.92 Å². The minimum absolute atomic E-state index is 0.00706. The molecule has 0 fully saturated rings. The van der Waals surface area contributed by atoms with Crippen LogP contribution in [-0.2, 0) is 10.0 Å². The Bertz CT molecular complexity index is 1280. The van der Waals surface area contributed by atoms with Gasteiger partial charge in [0, 0.05) is 25.6 Å². The molecule has 1 aromatic carbocycles. The summed E-state index contributed by atoms with van der Waals surface area (Å²) in [5.74, 6) is -0.364. The van der Waals surface area contributed by atoms with Gasteiger partial charge in [-0.15, -0.1) is 11.3 Å². The first-order chi connectivity index (χ1) is 17.3. The van der Waals surface area contributed by atoms with Crippen molar-refractivity contribution in [1.82, 2.24) is 19.3 Å². The highest BCUT2D eigenvalue weighted by Gasteiger charge is 2.28. The van der Waals surface area contributed by atoms with E-state index in [1.807, 2.05) is 31.2 Å². The monoisotopic (exact) mass is 560 g/mol. The third-order valence-electron chi connectivity index (χ3n) is 5.85. The van der Waals surface area contributed by atoms with Crippen LogP contribution >= 0.6 is 11.3 Å². The lowest BCUT2D eigenvalue weighted by molar-refractivity contribution is -0.115. The average molecular weight is 561 g/mol. The predicted molar refractivity (Wildman–Crippen MR) is 140 cm³/mol. The number of aromatic nitrogens is 3. The fourth-order valence-electron chi connectivity index (χ4n) is 3.85. The largest absolute Gasteiger partial charge is 0.405 e. The van der Waals surface area contributed by atoms with Crippen molar-refractivity contribution >= 4 is 43.3 Å². The number of nitrogens with one attached hydrogen (secondary N) is 2. The van der Waals surface area contributed by atoms with E-state index >= 15 is 0 Å². The molecule has 204 valence electrons. The molecular formula is C23H31F3N6O3S2. The SMILES string of the molecule is CC[C@@H](CN(CC)S(C)(=O)=O)[C@@H](O)CNc1nc(NCC(F)(F)F)nc(C)c1-c1nc2ccccc2s1. The molecule has 0 aliphatic rings. The fraction of sp³-hybridized carbons (Fsp3) is 0.522. The van der Waals surface area contributed by atoms with Gasteiger partial charge in [0.05, 0.1) is 33.8 Å². The molecule has 0 bridgehead atoms. The summed E-state index contributed by atoms with van der Waals surface area (Å²) in [6.07, 6.45) is -3.77. The number of thiazole rings is 1. The van der Waals surface area contributed by atoms with Crippen molar-refractivity contribution < 1.29 is 26.7 Å². The van der Waals surface area contributed by atoms with E-state index in [2.05, 4.69) is 25.6 Å². The number of rotatable bonds is 12. The normalized spacial score (nSPS) is 14.2. The van der Waals surface area contributed by atoms with Gasteiger partial charge in [0.25, 0.3) is 0 Å². The van der Waals surface area contributed by atoms with Crippen LogP contribution in [0.2, 0.25) is 0 Å². The molecule has 3 aromatic rings. The van der Waals surface area contributed by atoms with E-state index in [9.17, 15) is 26.7 Å². The van der Waals surface area contributed by atoms with E-state index in [1.54, 1.807) is 13.8 Å². The Morgan fingerprint density at radius 2 is 1.84 bits per heavy atom. The molecule has 37 heavy (non-hydrogen) atoms. The fourth-order valence-corrected chi connectivity index (χ4v) is 5.84. The van der Waals surface area contributed by atoms with E-state index in [4.69, 9.17) is 0 Å². The Kier molecular flexibility index (Phi) is 9.32. The Balaban J connectivity index is 1.91. The molecule has 0 saturated carbocycles. The topological polar surface area (TPSA) is 120 Å². The molecule has 3 N–H and O–H groups in total. The summed E-state index contributed by atoms with van der Waals surface area (Å²) in [6.45, 7) is 4.34. The summed E-state index contributed by atoms with van der Waals surface area (Å²) in [4.78, 5) is 13.1. The van der Waals surface area contributed by atoms with Crippen LogP contribution in [0.15, 0.2) is 24.3 Å². The summed E-state index contributed by atoms with van der Waals surface area (Å²) in [7, 11) is -3.43. The minimum Gasteiger partial charge on any atom is -0.391 e. The Hall–Kier alpha value is -2.55. The van der Waals surface area contributed by atoms with Crippen molar-refractivity contribution in [3.05, 3.63) is 30.0 Å². The van der Waals surface area contributed by atoms with E-state index in [-0.39, 0.29) is 37.3 Å². The van der Waals surface area contributed by atoms with Crippen LogP contribution in [0.25, 0.3) is 20.8 Å². The highest BCUT2D eigenvalue weighted by Crippen LogP contribution is 2.36. The molecule has 0 aliphatic heterocycles. The maximum Gasteiger partial charge on any atom is 0.405 e. The number of sulfonamides is 1. The van der Waals surface area contributed by atoms with Gasteiger partial charge in [0.15, 0.2) is 0 Å². The van der Waals surface area contributed by atoms with Crippen LogP contribution in [-0.4, -0.2) is 77.5 Å². The number of alkyl halides is 3. The van der Waals surface area contributed by atoms with Gasteiger partial charge < -0.3 is 15.7 Å². The molecule has 0 amide bonds. The second-order valence-corrected chi connectivity index (χ2v) is 11.7. The van der Waals surface area contributed by atoms with Crippen molar-refractivity contribution in [3.63, 3.8) is 0 Å². The maximum absolute atomic E-state index is 12.8. The van der Waals surface area contributed by atoms with E-state index in [0.717, 1.165) is 16.5 Å². The van der Waals surface area contributed by atoms with Gasteiger partial charge in [-0.2, -0.15) is 18.2 Å². The number of halogens is 3. The Morgan fingerprint density at radius 1 is 1.14 bits per heavy atom. The first-order valence-corrected chi connectivity index (χ1v) is 14.4. The third-order valence-corrected chi connectivity index (χ3v) is 8.25. The zero-order valence-electron chi connectivity index (χ0n) is 21.0. The average Bonchev–Trinajstić information content (AvgIpc) is 3.24. The number of aliphatic hydroxyl groups excluding tert-OH is 1. The van der Waals surface area contributed by atoms with Gasteiger partial charge in [-0.25, -0.2) is 22.7 Å². The molecule has 3 rings (SSSR count). The lowest BCUT2D eigenvalue weighted by Crippen LogP contribution is -2.40. The van der Waals surface area contributed by atoms with Gasteiger partial charge in [0.2, 0.25) is 16.0 Å². The molecule has 9 nitrogen and oxygen atoms in total. The third kappa shape index (κ3) is 7.72. The van der Waals surface area contributed by atoms with Crippen LogP contribution in [0.3, 0.4) is 0 Å². The summed E-state index contributed by atoms with van der Waals surface area (Å²) < 4.78 is 64.6. The minimum atomic E-state index is -4.45. The van der Waals surface area contributed by atoms with Crippen LogP contribution in [0.4, 0.5) is 24.9 Å². The van der Waals surface area contributed by atoms with Gasteiger partial charge in [-0.1, -0.05) is 26.0 Å². The highest BCUT2D eigenvalue weighted by molar-refractivity contribution is 7.88. The number of nitrogens with zero attached hydrogens (tertiary/aromatic N) is 4. The molecular weight excluding hydrogens is 529 g/mol. The van der Waals surface area contributed by atoms with Gasteiger partial charge >= 0.3 is 6.18 Å². The number of aliphatic hydroxyl groups is 1. The number of benzene rings is 1. The van der Waals surface area contributed by atoms with Crippen molar-refractivity contribution in [2.75, 3.05) is 43.1 Å². The van der Waals surface area contributed by atoms with Crippen LogP contribution in [0, 0.1) is 12.8 Å². The van der Waals surface area contributed by atoms with Crippen molar-refractivity contribution in [1.29, 1.82) is 0 Å². The Labute approximate surface area is 218 Å². The Morgan fingerprint density at radius 3 is 2.43 bits per heavy atom. The number of fused-ring (bicyclic) bond motifs is 1. The highest BCUT2D eigenvalue weighted by atomic mass is 32.2. The van der Waals surface area contributed by atoms with E-state index in [0.29, 0.717) is 22.7 Å². The molecule has 0 radical (unpaired) electrons. The summed E-state index contributed by atoms with van der Waals surface area (Å²) in [5.41, 5.74) is 1.70. The quantitative estimate of drug-likeness (QED) is 0.303. The standard InChI is InChI=1S/C23H31F3N6O3S2/c1-5-15(12-32(6-2)37(4,34)35)17(33)11-27-20-19(21-30-16-9-7-8-10-18(16)36-21)14(3)29-22(31-20)28-13-23(24,25)26/h7-10,15,17,33H,5-6,11-13H2,1-4H3,(H2,27,28,29,31)/t15-,17-/m0/s1. The molecule has 2 aromatic heterocycles. The molecule has 2 atom stereocenters. The number of anilines is 2. The van der Waals surface area contributed by atoms with E-state index in [1.165, 1.54) is 15.6 Å². The first-order valence-electron chi connectivity index (χ1n) is 11.7. The lowest BCUT2D eigenvalue weighted by atomic mass is 9.99. The zero-order valence-corrected chi connectivity index (χ0v) is 22.6. The van der Waals surface area contributed by atoms with Gasteiger partial charge in [-0.05, 0) is 25.5 Å². The second kappa shape index (κ2) is 11.9. The molecule has 0 unspecified atom stereocenters. The predicted octanol–water partition coefficient (Wildman–Crippen LogP) is 4.12. The van der Waals surface area contributed by atoms with Crippen molar-refractivity contribution in [3.8, 4) is 10.6 Å². The summed E-state index contributed by atoms with van der Waals surface area (Å²) >= 11 is 1.39. The second-order valence-electron chi connectivity index (χ2n) is 8.64. The molecule has 0 saturated heterocycles. The van der Waals surface area contributed by atoms with Gasteiger partial charge in [-0.3, -0.25) is 0 Å². The molecule has 0 aliphatic carbocycles. The van der Waals surface area contributed by atoms with Gasteiger partial charge in [0.1, 0.15) is 17.4 Å². The number of aryl methyl sites for hydroxylation is 1. The van der Waals surface area contributed by atoms with Crippen LogP contribution in [0.5, 0.6) is 0 Å². The van der Waals surface area contributed by atoms with Crippen LogP contribution in [0.1, 0.15) is 26.0 Å². The number of para-hydroxylation sites is 1. The number of hydrogen-bond acceptors (Lipinski definition) is 9. The van der Waals surface area contributed by atoms with E-state index < -0.39 is 28.8 Å². The van der Waals surface area contributed by atoms with Crippen molar-refractivity contribution in [2.45, 2.75) is 39.5 Å². The zero-order chi connectivity index (χ0) is 27.4. The van der Waals surface area contributed by atoms with Crippen LogP contribution < -0.4 is 10.6 Å². The summed E-state index contributed by atoms with van der Waals surface area (Å²) in [5, 5.41) is 16.7.